The third kappa shape index (κ3) is 4.88. The molecule has 0 spiro atoms. The molecule has 0 aliphatic carbocycles. The molecule has 0 saturated heterocycles. The highest BCUT2D eigenvalue weighted by Gasteiger charge is 2.24. The molecule has 3 N–H and O–H groups in total. The minimum Gasteiger partial charge on any atom is -0.355 e. The number of carbonyl (C=O) groups is 1. The Kier molecular flexibility index (Phi) is 5.71. The fraction of sp³-hybridized carbons (Fsp3) is 0.900. The van der Waals surface area contributed by atoms with Gasteiger partial charge in [-0.3, -0.25) is 4.79 Å². The first-order chi connectivity index (χ1) is 6.04. The lowest BCUT2D eigenvalue weighted by Gasteiger charge is -2.21. The molecule has 0 aliphatic heterocycles. The molecule has 0 aromatic carbocycles. The number of hydrogen-bond acceptors (Lipinski definition) is 2. The summed E-state index contributed by atoms with van der Waals surface area (Å²) in [6, 6.07) is 0. The minimum absolute atomic E-state index is 0.0360. The molecule has 0 saturated carbocycles. The normalized spacial score (nSPS) is 15.1. The van der Waals surface area contributed by atoms with Gasteiger partial charge < -0.3 is 11.1 Å². The maximum absolute atomic E-state index is 11.4. The van der Waals surface area contributed by atoms with Crippen molar-refractivity contribution in [2.45, 2.75) is 52.0 Å². The van der Waals surface area contributed by atoms with E-state index in [1.165, 1.54) is 6.42 Å². The zero-order valence-electron chi connectivity index (χ0n) is 9.02. The second kappa shape index (κ2) is 5.97. The molecule has 0 radical (unpaired) electrons. The lowest BCUT2D eigenvalue weighted by Crippen LogP contribution is -2.51. The molecule has 0 fully saturated rings. The van der Waals surface area contributed by atoms with Gasteiger partial charge in [0.1, 0.15) is 0 Å². The van der Waals surface area contributed by atoms with Crippen LogP contribution < -0.4 is 11.1 Å². The summed E-state index contributed by atoms with van der Waals surface area (Å²) < 4.78 is 0. The predicted octanol–water partition coefficient (Wildman–Crippen LogP) is 1.42. The van der Waals surface area contributed by atoms with Gasteiger partial charge in [-0.1, -0.05) is 26.7 Å². The molecule has 78 valence electrons. The van der Waals surface area contributed by atoms with Gasteiger partial charge in [-0.15, -0.1) is 0 Å². The quantitative estimate of drug-likeness (QED) is 0.616. The summed E-state index contributed by atoms with van der Waals surface area (Å²) in [5.74, 6) is -0.0360. The predicted molar refractivity (Wildman–Crippen MR) is 55.4 cm³/mol. The van der Waals surface area contributed by atoms with Crippen molar-refractivity contribution in [3.05, 3.63) is 0 Å². The van der Waals surface area contributed by atoms with Gasteiger partial charge in [0.25, 0.3) is 0 Å². The summed E-state index contributed by atoms with van der Waals surface area (Å²) in [6.07, 6.45) is 4.05. The van der Waals surface area contributed by atoms with Gasteiger partial charge in [0.2, 0.25) is 5.91 Å². The van der Waals surface area contributed by atoms with E-state index in [4.69, 9.17) is 5.73 Å². The smallest absolute Gasteiger partial charge is 0.239 e. The number of hydrogen-bond donors (Lipinski definition) is 2. The Labute approximate surface area is 81.1 Å². The zero-order chi connectivity index (χ0) is 10.3. The summed E-state index contributed by atoms with van der Waals surface area (Å²) in [6.45, 7) is 6.58. The molecule has 1 unspecified atom stereocenters. The van der Waals surface area contributed by atoms with E-state index in [1.807, 2.05) is 6.92 Å². The van der Waals surface area contributed by atoms with Crippen LogP contribution in [0.25, 0.3) is 0 Å². The van der Waals surface area contributed by atoms with E-state index in [1.54, 1.807) is 6.92 Å². The first-order valence-electron chi connectivity index (χ1n) is 5.11. The van der Waals surface area contributed by atoms with Gasteiger partial charge >= 0.3 is 0 Å². The maximum Gasteiger partial charge on any atom is 0.239 e. The Bertz CT molecular complexity index is 155. The van der Waals surface area contributed by atoms with E-state index in [2.05, 4.69) is 12.2 Å². The fourth-order valence-electron chi connectivity index (χ4n) is 0.939. The van der Waals surface area contributed by atoms with Crippen LogP contribution in [-0.2, 0) is 4.79 Å². The van der Waals surface area contributed by atoms with E-state index >= 15 is 0 Å². The Balaban J connectivity index is 3.62. The summed E-state index contributed by atoms with van der Waals surface area (Å²) in [4.78, 5) is 11.4. The molecule has 3 heteroatoms. The SMILES string of the molecule is CCCCCNC(=O)C(C)(N)CC. The van der Waals surface area contributed by atoms with Crippen molar-refractivity contribution < 1.29 is 4.79 Å². The van der Waals surface area contributed by atoms with Gasteiger partial charge in [0.15, 0.2) is 0 Å². The summed E-state index contributed by atoms with van der Waals surface area (Å²) >= 11 is 0. The van der Waals surface area contributed by atoms with E-state index < -0.39 is 5.54 Å². The van der Waals surface area contributed by atoms with Crippen LogP contribution in [0.5, 0.6) is 0 Å². The van der Waals surface area contributed by atoms with Gasteiger partial charge in [-0.25, -0.2) is 0 Å². The topological polar surface area (TPSA) is 55.1 Å². The van der Waals surface area contributed by atoms with Crippen LogP contribution in [0, 0.1) is 0 Å². The summed E-state index contributed by atoms with van der Waals surface area (Å²) in [5, 5.41) is 2.84. The van der Waals surface area contributed by atoms with Gasteiger partial charge in [0.05, 0.1) is 5.54 Å². The van der Waals surface area contributed by atoms with Crippen LogP contribution in [0.3, 0.4) is 0 Å². The lowest BCUT2D eigenvalue weighted by atomic mass is 9.99. The molecule has 0 aromatic heterocycles. The minimum atomic E-state index is -0.702. The van der Waals surface area contributed by atoms with Crippen molar-refractivity contribution in [2.24, 2.45) is 5.73 Å². The van der Waals surface area contributed by atoms with Gasteiger partial charge in [-0.2, -0.15) is 0 Å². The van der Waals surface area contributed by atoms with E-state index in [0.717, 1.165) is 19.4 Å². The molecule has 1 amide bonds. The second-order valence-electron chi connectivity index (χ2n) is 3.73. The van der Waals surface area contributed by atoms with Crippen LogP contribution in [-0.4, -0.2) is 18.0 Å². The molecule has 0 heterocycles. The summed E-state index contributed by atoms with van der Waals surface area (Å²) in [7, 11) is 0. The average molecular weight is 186 g/mol. The number of carbonyl (C=O) groups excluding carboxylic acids is 1. The Morgan fingerprint density at radius 2 is 2.00 bits per heavy atom. The van der Waals surface area contributed by atoms with Crippen molar-refractivity contribution in [1.29, 1.82) is 0 Å². The Morgan fingerprint density at radius 1 is 1.38 bits per heavy atom. The van der Waals surface area contributed by atoms with Crippen molar-refractivity contribution in [3.8, 4) is 0 Å². The number of nitrogens with two attached hydrogens (primary N) is 1. The Hall–Kier alpha value is -0.570. The maximum atomic E-state index is 11.4. The van der Waals surface area contributed by atoms with Crippen LogP contribution in [0.1, 0.15) is 46.5 Å². The fourth-order valence-corrected chi connectivity index (χ4v) is 0.939. The molecule has 0 rings (SSSR count). The van der Waals surface area contributed by atoms with Gasteiger partial charge in [0, 0.05) is 6.54 Å². The molecule has 3 nitrogen and oxygen atoms in total. The van der Waals surface area contributed by atoms with Crippen LogP contribution in [0.2, 0.25) is 0 Å². The number of rotatable bonds is 6. The molecular formula is C10H22N2O. The summed E-state index contributed by atoms with van der Waals surface area (Å²) in [5.41, 5.74) is 5.06. The third-order valence-corrected chi connectivity index (χ3v) is 2.32. The highest BCUT2D eigenvalue weighted by molar-refractivity contribution is 5.85. The van der Waals surface area contributed by atoms with Crippen molar-refractivity contribution in [2.75, 3.05) is 6.54 Å². The van der Waals surface area contributed by atoms with Crippen LogP contribution >= 0.6 is 0 Å². The monoisotopic (exact) mass is 186 g/mol. The molecule has 1 atom stereocenters. The van der Waals surface area contributed by atoms with Crippen LogP contribution in [0.4, 0.5) is 0 Å². The molecule has 0 aromatic rings. The van der Waals surface area contributed by atoms with Gasteiger partial charge in [-0.05, 0) is 19.8 Å². The Morgan fingerprint density at radius 3 is 2.46 bits per heavy atom. The zero-order valence-corrected chi connectivity index (χ0v) is 9.02. The number of unbranched alkanes of at least 4 members (excludes halogenated alkanes) is 2. The lowest BCUT2D eigenvalue weighted by molar-refractivity contribution is -0.125. The number of amides is 1. The molecule has 0 bridgehead atoms. The average Bonchev–Trinajstić information content (AvgIpc) is 2.12. The first-order valence-corrected chi connectivity index (χ1v) is 5.11. The standard InChI is InChI=1S/C10H22N2O/c1-4-6-7-8-12-9(13)10(3,11)5-2/h4-8,11H2,1-3H3,(H,12,13). The van der Waals surface area contributed by atoms with Crippen LogP contribution in [0.15, 0.2) is 0 Å². The highest BCUT2D eigenvalue weighted by atomic mass is 16.2. The molecular weight excluding hydrogens is 164 g/mol. The second-order valence-corrected chi connectivity index (χ2v) is 3.73. The largest absolute Gasteiger partial charge is 0.355 e. The van der Waals surface area contributed by atoms with E-state index in [9.17, 15) is 4.79 Å². The van der Waals surface area contributed by atoms with Crippen molar-refractivity contribution in [1.82, 2.24) is 5.32 Å². The van der Waals surface area contributed by atoms with E-state index in [0.29, 0.717) is 6.42 Å². The molecule has 0 aliphatic rings. The molecule has 13 heavy (non-hydrogen) atoms. The third-order valence-electron chi connectivity index (χ3n) is 2.32. The van der Waals surface area contributed by atoms with Crippen molar-refractivity contribution in [3.63, 3.8) is 0 Å². The number of nitrogens with one attached hydrogen (secondary N) is 1. The highest BCUT2D eigenvalue weighted by Crippen LogP contribution is 2.04. The van der Waals surface area contributed by atoms with Crippen molar-refractivity contribution >= 4 is 5.91 Å². The first kappa shape index (κ1) is 12.4. The van der Waals surface area contributed by atoms with E-state index in [-0.39, 0.29) is 5.91 Å².